The number of anilines is 1. The Morgan fingerprint density at radius 3 is 3.00 bits per heavy atom. The van der Waals surface area contributed by atoms with Crippen molar-refractivity contribution >= 4 is 5.69 Å². The summed E-state index contributed by atoms with van der Waals surface area (Å²) in [6.07, 6.45) is 3.19. The van der Waals surface area contributed by atoms with Crippen LogP contribution >= 0.6 is 0 Å². The lowest BCUT2D eigenvalue weighted by Gasteiger charge is -2.06. The van der Waals surface area contributed by atoms with Crippen molar-refractivity contribution in [3.8, 4) is 0 Å². The van der Waals surface area contributed by atoms with Crippen LogP contribution in [-0.4, -0.2) is 28.0 Å². The lowest BCUT2D eigenvalue weighted by atomic mass is 10.4. The fraction of sp³-hybridized carbons (Fsp3) is 0.600. The molecular formula is C10H17N3O2. The summed E-state index contributed by atoms with van der Waals surface area (Å²) in [5, 5.41) is 15.7. The third-order valence-corrected chi connectivity index (χ3v) is 1.98. The van der Waals surface area contributed by atoms with Crippen LogP contribution in [0.4, 0.5) is 5.69 Å². The molecular weight excluding hydrogens is 194 g/mol. The zero-order valence-corrected chi connectivity index (χ0v) is 8.94. The Morgan fingerprint density at radius 2 is 2.40 bits per heavy atom. The summed E-state index contributed by atoms with van der Waals surface area (Å²) in [7, 11) is 0. The van der Waals surface area contributed by atoms with Gasteiger partial charge >= 0.3 is 0 Å². The van der Waals surface area contributed by atoms with Crippen molar-refractivity contribution in [3.63, 3.8) is 0 Å². The van der Waals surface area contributed by atoms with Gasteiger partial charge in [0.2, 0.25) is 0 Å². The van der Waals surface area contributed by atoms with Gasteiger partial charge in [-0.25, -0.2) is 4.68 Å². The summed E-state index contributed by atoms with van der Waals surface area (Å²) in [6, 6.07) is 1.53. The Kier molecular flexibility index (Phi) is 4.83. The van der Waals surface area contributed by atoms with Gasteiger partial charge in [-0.3, -0.25) is 4.79 Å². The molecule has 0 saturated heterocycles. The van der Waals surface area contributed by atoms with Crippen LogP contribution in [0.25, 0.3) is 0 Å². The zero-order valence-electron chi connectivity index (χ0n) is 8.94. The summed E-state index contributed by atoms with van der Waals surface area (Å²) in [5.41, 5.74) is 0.617. The summed E-state index contributed by atoms with van der Waals surface area (Å²) in [5.74, 6) is 0. The van der Waals surface area contributed by atoms with E-state index in [4.69, 9.17) is 5.11 Å². The van der Waals surface area contributed by atoms with Crippen molar-refractivity contribution in [2.75, 3.05) is 18.5 Å². The highest BCUT2D eigenvalue weighted by Gasteiger charge is 1.98. The quantitative estimate of drug-likeness (QED) is 0.717. The first-order valence-corrected chi connectivity index (χ1v) is 5.20. The molecule has 1 heterocycles. The first kappa shape index (κ1) is 11.7. The van der Waals surface area contributed by atoms with Crippen LogP contribution in [0.5, 0.6) is 0 Å². The molecule has 84 valence electrons. The minimum Gasteiger partial charge on any atom is -0.396 e. The van der Waals surface area contributed by atoms with Crippen molar-refractivity contribution in [1.29, 1.82) is 0 Å². The molecule has 0 aromatic carbocycles. The van der Waals surface area contributed by atoms with E-state index in [1.165, 1.54) is 10.7 Å². The van der Waals surface area contributed by atoms with Crippen molar-refractivity contribution in [3.05, 3.63) is 22.6 Å². The van der Waals surface area contributed by atoms with Crippen LogP contribution in [0.15, 0.2) is 17.1 Å². The monoisotopic (exact) mass is 211 g/mol. The molecule has 1 aromatic rings. The van der Waals surface area contributed by atoms with E-state index >= 15 is 0 Å². The molecule has 0 unspecified atom stereocenters. The number of rotatable bonds is 6. The van der Waals surface area contributed by atoms with Gasteiger partial charge in [0.15, 0.2) is 0 Å². The first-order valence-electron chi connectivity index (χ1n) is 5.20. The molecule has 2 N–H and O–H groups in total. The highest BCUT2D eigenvalue weighted by Crippen LogP contribution is 1.99. The van der Waals surface area contributed by atoms with E-state index in [9.17, 15) is 4.79 Å². The lowest BCUT2D eigenvalue weighted by Crippen LogP contribution is -2.23. The lowest BCUT2D eigenvalue weighted by molar-refractivity contribution is 0.275. The fourth-order valence-corrected chi connectivity index (χ4v) is 1.19. The summed E-state index contributed by atoms with van der Waals surface area (Å²) >= 11 is 0. The van der Waals surface area contributed by atoms with Crippen molar-refractivity contribution in [2.24, 2.45) is 0 Å². The molecule has 5 heteroatoms. The maximum Gasteiger partial charge on any atom is 0.268 e. The minimum atomic E-state index is -0.135. The summed E-state index contributed by atoms with van der Waals surface area (Å²) in [4.78, 5) is 11.5. The SMILES string of the molecule is CCCNc1cnn(CCCO)c(=O)c1. The van der Waals surface area contributed by atoms with Gasteiger partial charge < -0.3 is 10.4 Å². The van der Waals surface area contributed by atoms with Crippen molar-refractivity contribution in [1.82, 2.24) is 9.78 Å². The van der Waals surface area contributed by atoms with Crippen molar-refractivity contribution in [2.45, 2.75) is 26.3 Å². The Labute approximate surface area is 88.7 Å². The summed E-state index contributed by atoms with van der Waals surface area (Å²) in [6.45, 7) is 3.43. The highest BCUT2D eigenvalue weighted by molar-refractivity contribution is 5.38. The first-order chi connectivity index (χ1) is 7.27. The minimum absolute atomic E-state index is 0.0734. The maximum atomic E-state index is 11.5. The van der Waals surface area contributed by atoms with Gasteiger partial charge in [0.25, 0.3) is 5.56 Å². The largest absolute Gasteiger partial charge is 0.396 e. The molecule has 0 radical (unpaired) electrons. The molecule has 0 atom stereocenters. The van der Waals surface area contributed by atoms with Crippen LogP contribution in [0, 0.1) is 0 Å². The number of hydrogen-bond acceptors (Lipinski definition) is 4. The molecule has 0 aliphatic heterocycles. The van der Waals surface area contributed by atoms with Crippen LogP contribution in [0.3, 0.4) is 0 Å². The molecule has 5 nitrogen and oxygen atoms in total. The zero-order chi connectivity index (χ0) is 11.1. The average molecular weight is 211 g/mol. The van der Waals surface area contributed by atoms with Gasteiger partial charge in [-0.15, -0.1) is 0 Å². The number of nitrogens with one attached hydrogen (secondary N) is 1. The van der Waals surface area contributed by atoms with Gasteiger partial charge in [-0.2, -0.15) is 5.10 Å². The third-order valence-electron chi connectivity index (χ3n) is 1.98. The van der Waals surface area contributed by atoms with Gasteiger partial charge in [0, 0.05) is 25.8 Å². The molecule has 0 bridgehead atoms. The standard InChI is InChI=1S/C10H17N3O2/c1-2-4-11-9-7-10(15)13(12-8-9)5-3-6-14/h7-8,11,14H,2-6H2,1H3. The number of nitrogens with zero attached hydrogens (tertiary/aromatic N) is 2. The summed E-state index contributed by atoms with van der Waals surface area (Å²) < 4.78 is 1.35. The maximum absolute atomic E-state index is 11.5. The van der Waals surface area contributed by atoms with Crippen LogP contribution < -0.4 is 10.9 Å². The number of aryl methyl sites for hydroxylation is 1. The van der Waals surface area contributed by atoms with Gasteiger partial charge in [-0.1, -0.05) is 6.92 Å². The van der Waals surface area contributed by atoms with Gasteiger partial charge in [0.05, 0.1) is 11.9 Å². The van der Waals surface area contributed by atoms with E-state index < -0.39 is 0 Å². The number of aliphatic hydroxyl groups excluding tert-OH is 1. The number of aliphatic hydroxyl groups is 1. The molecule has 0 amide bonds. The van der Waals surface area contributed by atoms with E-state index in [0.717, 1.165) is 18.7 Å². The normalized spacial score (nSPS) is 10.3. The molecule has 15 heavy (non-hydrogen) atoms. The van der Waals surface area contributed by atoms with Crippen LogP contribution in [0.1, 0.15) is 19.8 Å². The smallest absolute Gasteiger partial charge is 0.268 e. The van der Waals surface area contributed by atoms with E-state index in [1.807, 2.05) is 0 Å². The van der Waals surface area contributed by atoms with Crippen LogP contribution in [0.2, 0.25) is 0 Å². The highest BCUT2D eigenvalue weighted by atomic mass is 16.3. The molecule has 1 rings (SSSR count). The molecule has 0 saturated carbocycles. The van der Waals surface area contributed by atoms with Gasteiger partial charge in [0.1, 0.15) is 0 Å². The molecule has 0 aliphatic carbocycles. The third kappa shape index (κ3) is 3.71. The second-order valence-electron chi connectivity index (χ2n) is 3.31. The number of hydrogen-bond donors (Lipinski definition) is 2. The second-order valence-corrected chi connectivity index (χ2v) is 3.31. The molecule has 0 fully saturated rings. The Morgan fingerprint density at radius 1 is 1.60 bits per heavy atom. The molecule has 1 aromatic heterocycles. The van der Waals surface area contributed by atoms with Gasteiger partial charge in [-0.05, 0) is 12.8 Å². The van der Waals surface area contributed by atoms with Crippen molar-refractivity contribution < 1.29 is 5.11 Å². The molecule has 0 spiro atoms. The second kappa shape index (κ2) is 6.19. The van der Waals surface area contributed by atoms with E-state index in [1.54, 1.807) is 6.20 Å². The number of aromatic nitrogens is 2. The topological polar surface area (TPSA) is 67.2 Å². The average Bonchev–Trinajstić information content (AvgIpc) is 2.25. The van der Waals surface area contributed by atoms with E-state index in [0.29, 0.717) is 13.0 Å². The predicted octanol–water partition coefficient (Wildman–Crippen LogP) is 0.448. The molecule has 0 aliphatic rings. The van der Waals surface area contributed by atoms with E-state index in [2.05, 4.69) is 17.3 Å². The Bertz CT molecular complexity index is 349. The fourth-order valence-electron chi connectivity index (χ4n) is 1.19. The Hall–Kier alpha value is -1.36. The van der Waals surface area contributed by atoms with Crippen LogP contribution in [-0.2, 0) is 6.54 Å². The van der Waals surface area contributed by atoms with E-state index in [-0.39, 0.29) is 12.2 Å². The Balaban J connectivity index is 2.66. The predicted molar refractivity (Wildman–Crippen MR) is 59.0 cm³/mol.